The molecule has 9 nitrogen and oxygen atoms in total. The molecular weight excluding hydrogens is 518 g/mol. The normalized spacial score (nSPS) is 6.77. The monoisotopic (exact) mass is 542 g/mol. The van der Waals surface area contributed by atoms with Crippen LogP contribution in [0.5, 0.6) is 0 Å². The quantitative estimate of drug-likeness (QED) is 0.102. The largest absolute Gasteiger partial charge is 0 e. The van der Waals surface area contributed by atoms with Crippen molar-refractivity contribution in [2.75, 3.05) is 13.2 Å². The fraction of sp³-hybridized carbons (Fsp3) is 0.526. The Morgan fingerprint density at radius 3 is 1.42 bits per heavy atom. The predicted octanol–water partition coefficient (Wildman–Crippen LogP) is 2.73. The van der Waals surface area contributed by atoms with Crippen molar-refractivity contribution in [3.63, 3.8) is 0 Å². The first-order valence-corrected chi connectivity index (χ1v) is 10.1. The Morgan fingerprint density at radius 1 is 0.839 bits per heavy atom. The van der Waals surface area contributed by atoms with E-state index in [0.717, 1.165) is 0 Å². The first-order valence-electron chi connectivity index (χ1n) is 7.23. The molecule has 0 atom stereocenters. The van der Waals surface area contributed by atoms with E-state index in [0.29, 0.717) is 19.6 Å². The zero-order chi connectivity index (χ0) is 25.5. The van der Waals surface area contributed by atoms with Crippen molar-refractivity contribution in [1.29, 1.82) is 0 Å². The molecule has 0 heterocycles. The molecule has 31 heavy (non-hydrogen) atoms. The molecule has 0 aromatic rings. The van der Waals surface area contributed by atoms with Gasteiger partial charge in [0, 0.05) is 52.5 Å². The Balaban J connectivity index is -0.0000000424. The summed E-state index contributed by atoms with van der Waals surface area (Å²) in [5.74, 6) is 4.74. The van der Waals surface area contributed by atoms with Crippen LogP contribution >= 0.6 is 0 Å². The first-order chi connectivity index (χ1) is 13.7. The van der Waals surface area contributed by atoms with Crippen molar-refractivity contribution in [1.82, 2.24) is 0 Å². The van der Waals surface area contributed by atoms with Crippen LogP contribution in [-0.2, 0) is 75.4 Å². The van der Waals surface area contributed by atoms with Gasteiger partial charge in [0.05, 0.1) is 6.61 Å². The van der Waals surface area contributed by atoms with E-state index in [4.69, 9.17) is 37.1 Å². The molecule has 0 aliphatic heterocycles. The van der Waals surface area contributed by atoms with Gasteiger partial charge in [0.15, 0.2) is 8.32 Å². The van der Waals surface area contributed by atoms with Crippen LogP contribution in [0.15, 0.2) is 0 Å². The van der Waals surface area contributed by atoms with Gasteiger partial charge >= 0.3 is 73.8 Å². The molecule has 0 aromatic carbocycles. The Bertz CT molecular complexity index is 500. The summed E-state index contributed by atoms with van der Waals surface area (Å²) in [6, 6.07) is 0. The van der Waals surface area contributed by atoms with E-state index < -0.39 is 14.3 Å². The summed E-state index contributed by atoms with van der Waals surface area (Å²) in [5.41, 5.74) is 0. The van der Waals surface area contributed by atoms with E-state index in [1.54, 1.807) is 6.92 Å². The molecule has 176 valence electrons. The average Bonchev–Trinajstić information content (AvgIpc) is 2.76. The molecule has 0 rings (SSSR count). The molecular formula is C19H24Co2O9Si. The number of esters is 1. The van der Waals surface area contributed by atoms with Crippen molar-refractivity contribution in [2.24, 2.45) is 0 Å². The SMILES string of the molecule is CCOC(=O)C#CCCO[Si](C)(C)C(C)(C)C.[C-]#[O+].[C-]#[O+].[C-]#[O+].[C-]#[O+].[C-]#[O+].[C-]#[O+].[Co].[Co]. The van der Waals surface area contributed by atoms with Gasteiger partial charge in [0.25, 0.3) is 0 Å². The molecule has 0 N–H and O–H groups in total. The summed E-state index contributed by atoms with van der Waals surface area (Å²) in [6.45, 7) is 40.7. The smallest absolute Gasteiger partial charge is 0 e. The van der Waals surface area contributed by atoms with E-state index >= 15 is 0 Å². The zero-order valence-corrected chi connectivity index (χ0v) is 21.0. The molecule has 0 aromatic heterocycles. The van der Waals surface area contributed by atoms with Crippen LogP contribution in [0.1, 0.15) is 34.1 Å². The van der Waals surface area contributed by atoms with Crippen LogP contribution in [0, 0.1) is 51.7 Å². The molecule has 0 saturated heterocycles. The van der Waals surface area contributed by atoms with Gasteiger partial charge in [-0.05, 0) is 25.1 Å². The van der Waals surface area contributed by atoms with Gasteiger partial charge in [-0.15, -0.1) is 0 Å². The standard InChI is InChI=1S/C13H24O3Si.6CO.2Co/c1-7-15-12(14)10-8-9-11-16-17(5,6)13(2,3)4;6*1-2;;/h7,9,11H2,1-6H3;;;;;;;;. The van der Waals surface area contributed by atoms with Gasteiger partial charge < -0.3 is 9.16 Å². The maximum Gasteiger partial charge on any atom is 0 e. The summed E-state index contributed by atoms with van der Waals surface area (Å²) in [6.07, 6.45) is 0.575. The maximum atomic E-state index is 10.9. The van der Waals surface area contributed by atoms with E-state index in [-0.39, 0.29) is 38.6 Å². The minimum Gasteiger partial charge on any atom is 0 e. The second-order valence-electron chi connectivity index (χ2n) is 5.38. The molecule has 0 saturated carbocycles. The molecule has 12 heteroatoms. The average molecular weight is 542 g/mol. The fourth-order valence-corrected chi connectivity index (χ4v) is 1.92. The second kappa shape index (κ2) is 51.4. The topological polar surface area (TPSA) is 155 Å². The molecule has 0 bridgehead atoms. The molecule has 0 spiro atoms. The van der Waals surface area contributed by atoms with Crippen molar-refractivity contribution in [3.05, 3.63) is 39.9 Å². The van der Waals surface area contributed by atoms with Crippen LogP contribution in [0.2, 0.25) is 18.1 Å². The van der Waals surface area contributed by atoms with Crippen molar-refractivity contribution in [3.8, 4) is 11.8 Å². The number of ether oxygens (including phenoxy) is 1. The molecule has 2 radical (unpaired) electrons. The van der Waals surface area contributed by atoms with Crippen molar-refractivity contribution >= 4 is 14.3 Å². The fourth-order valence-electron chi connectivity index (χ4n) is 0.876. The maximum absolute atomic E-state index is 10.9. The minimum atomic E-state index is -1.68. The van der Waals surface area contributed by atoms with Crippen LogP contribution in [-0.4, -0.2) is 27.5 Å². The number of hydrogen-bond donors (Lipinski definition) is 0. The third kappa shape index (κ3) is 52.7. The predicted molar refractivity (Wildman–Crippen MR) is 95.8 cm³/mol. The van der Waals surface area contributed by atoms with Gasteiger partial charge in [-0.25, -0.2) is 4.79 Å². The van der Waals surface area contributed by atoms with E-state index in [9.17, 15) is 4.79 Å². The Hall–Kier alpha value is -1.34. The van der Waals surface area contributed by atoms with Crippen LogP contribution in [0.4, 0.5) is 0 Å². The molecule has 0 aliphatic rings. The summed E-state index contributed by atoms with van der Waals surface area (Å²) in [7, 11) is -1.68. The number of carbonyl (C=O) groups is 1. The van der Waals surface area contributed by atoms with Crippen molar-refractivity contribution < 1.29 is 75.4 Å². The molecule has 0 fully saturated rings. The Morgan fingerprint density at radius 2 is 1.16 bits per heavy atom. The van der Waals surface area contributed by atoms with Gasteiger partial charge in [0.1, 0.15) is 0 Å². The van der Waals surface area contributed by atoms with Gasteiger partial charge in [-0.3, -0.25) is 0 Å². The molecule has 0 amide bonds. The van der Waals surface area contributed by atoms with E-state index in [2.05, 4.69) is 85.6 Å². The second-order valence-corrected chi connectivity index (χ2v) is 10.2. The van der Waals surface area contributed by atoms with Crippen LogP contribution < -0.4 is 0 Å². The summed E-state index contributed by atoms with van der Waals surface area (Å²) < 4.78 is 55.6. The Labute approximate surface area is 206 Å². The number of carbonyl (C=O) groups excluding carboxylic acids is 1. The summed E-state index contributed by atoms with van der Waals surface area (Å²) in [5, 5.41) is 0.210. The number of hydrogen-bond acceptors (Lipinski definition) is 3. The van der Waals surface area contributed by atoms with Crippen LogP contribution in [0.3, 0.4) is 0 Å². The minimum absolute atomic E-state index is 0. The van der Waals surface area contributed by atoms with Gasteiger partial charge in [0.2, 0.25) is 0 Å². The van der Waals surface area contributed by atoms with Gasteiger partial charge in [-0.2, -0.15) is 0 Å². The van der Waals surface area contributed by atoms with Gasteiger partial charge in [-0.1, -0.05) is 26.7 Å². The molecule has 0 unspecified atom stereocenters. The van der Waals surface area contributed by atoms with Crippen LogP contribution in [0.25, 0.3) is 0 Å². The van der Waals surface area contributed by atoms with E-state index in [1.807, 2.05) is 0 Å². The Kier molecular flexibility index (Phi) is 94.6. The van der Waals surface area contributed by atoms with E-state index in [1.165, 1.54) is 0 Å². The first kappa shape index (κ1) is 57.1. The number of rotatable bonds is 4. The van der Waals surface area contributed by atoms with Crippen molar-refractivity contribution in [2.45, 2.75) is 52.2 Å². The third-order valence-electron chi connectivity index (χ3n) is 2.96. The summed E-state index contributed by atoms with van der Waals surface area (Å²) in [4.78, 5) is 10.9. The molecule has 0 aliphatic carbocycles. The summed E-state index contributed by atoms with van der Waals surface area (Å²) >= 11 is 0. The third-order valence-corrected chi connectivity index (χ3v) is 7.50. The zero-order valence-electron chi connectivity index (χ0n) is 18.0.